The smallest absolute Gasteiger partial charge is 0.306 e. The standard InChI is InChI=1S/C22H18FN5OS/c1-15(21-27-20(11-30-21)17-7-5-16(10-24)6-8-17)22(29,12-28-14-25-13-26-28)18-3-2-4-19(23)9-18/h2-9,11,13-15,29H,12H2,1H3/p+1/t15-,22+/m0/s1. The van der Waals surface area contributed by atoms with Crippen LogP contribution in [0.3, 0.4) is 0 Å². The maximum Gasteiger partial charge on any atom is 0.306 e. The van der Waals surface area contributed by atoms with Crippen molar-refractivity contribution in [2.75, 3.05) is 0 Å². The van der Waals surface area contributed by atoms with Crippen LogP contribution in [0.2, 0.25) is 0 Å². The Morgan fingerprint density at radius 1 is 1.30 bits per heavy atom. The molecule has 30 heavy (non-hydrogen) atoms. The molecule has 0 amide bonds. The topological polar surface area (TPSA) is 89.5 Å². The van der Waals surface area contributed by atoms with Gasteiger partial charge in [0.2, 0.25) is 6.33 Å². The van der Waals surface area contributed by atoms with Crippen LogP contribution in [-0.2, 0) is 12.1 Å². The summed E-state index contributed by atoms with van der Waals surface area (Å²) < 4.78 is 15.6. The number of rotatable bonds is 6. The van der Waals surface area contributed by atoms with Crippen molar-refractivity contribution >= 4 is 11.3 Å². The number of aromatic amines is 1. The summed E-state index contributed by atoms with van der Waals surface area (Å²) in [6.07, 6.45) is 3.09. The molecule has 2 N–H and O–H groups in total. The number of H-pyrrole nitrogens is 1. The maximum atomic E-state index is 14.0. The highest BCUT2D eigenvalue weighted by molar-refractivity contribution is 7.10. The minimum absolute atomic E-state index is 0.156. The van der Waals surface area contributed by atoms with Crippen LogP contribution in [-0.4, -0.2) is 20.2 Å². The summed E-state index contributed by atoms with van der Waals surface area (Å²) in [5, 5.41) is 26.3. The number of hydrogen-bond acceptors (Lipinski definition) is 5. The Hall–Kier alpha value is -3.41. The number of hydrogen-bond donors (Lipinski definition) is 2. The van der Waals surface area contributed by atoms with E-state index < -0.39 is 17.3 Å². The Labute approximate surface area is 176 Å². The Morgan fingerprint density at radius 3 is 2.77 bits per heavy atom. The van der Waals surface area contributed by atoms with E-state index in [0.717, 1.165) is 16.3 Å². The van der Waals surface area contributed by atoms with Gasteiger partial charge >= 0.3 is 6.33 Å². The lowest BCUT2D eigenvalue weighted by Crippen LogP contribution is -2.49. The summed E-state index contributed by atoms with van der Waals surface area (Å²) in [4.78, 5) is 8.72. The lowest BCUT2D eigenvalue weighted by atomic mass is 9.82. The van der Waals surface area contributed by atoms with E-state index in [4.69, 9.17) is 10.2 Å². The van der Waals surface area contributed by atoms with Crippen LogP contribution in [0.1, 0.15) is 29.0 Å². The predicted octanol–water partition coefficient (Wildman–Crippen LogP) is 3.52. The van der Waals surface area contributed by atoms with Crippen LogP contribution in [0.15, 0.2) is 66.6 Å². The van der Waals surface area contributed by atoms with Crippen molar-refractivity contribution in [1.29, 1.82) is 5.26 Å². The van der Waals surface area contributed by atoms with Gasteiger partial charge in [0.1, 0.15) is 18.0 Å². The largest absolute Gasteiger partial charge is 0.380 e. The summed E-state index contributed by atoms with van der Waals surface area (Å²) in [5.74, 6) is -0.836. The van der Waals surface area contributed by atoms with Gasteiger partial charge in [-0.15, -0.1) is 11.3 Å². The molecule has 0 spiro atoms. The molecule has 4 aromatic rings. The predicted molar refractivity (Wildman–Crippen MR) is 110 cm³/mol. The van der Waals surface area contributed by atoms with E-state index in [1.54, 1.807) is 35.3 Å². The first-order valence-electron chi connectivity index (χ1n) is 9.32. The summed E-state index contributed by atoms with van der Waals surface area (Å²) in [6.45, 7) is 2.03. The minimum Gasteiger partial charge on any atom is -0.380 e. The van der Waals surface area contributed by atoms with Crippen LogP contribution in [0, 0.1) is 17.1 Å². The number of thiazole rings is 1. The van der Waals surface area contributed by atoms with Crippen molar-refractivity contribution in [3.05, 3.63) is 88.5 Å². The van der Waals surface area contributed by atoms with Gasteiger partial charge < -0.3 is 5.11 Å². The maximum absolute atomic E-state index is 14.0. The Kier molecular flexibility index (Phi) is 5.40. The molecular formula is C22H19FN5OS+. The van der Waals surface area contributed by atoms with Gasteiger partial charge in [0.05, 0.1) is 22.3 Å². The Morgan fingerprint density at radius 2 is 2.10 bits per heavy atom. The molecule has 0 saturated carbocycles. The molecule has 6 nitrogen and oxygen atoms in total. The molecule has 2 heterocycles. The number of benzene rings is 2. The molecule has 8 heteroatoms. The summed E-state index contributed by atoms with van der Waals surface area (Å²) in [7, 11) is 0. The lowest BCUT2D eigenvalue weighted by Gasteiger charge is -2.31. The molecule has 0 radical (unpaired) electrons. The van der Waals surface area contributed by atoms with Crippen LogP contribution < -0.4 is 4.68 Å². The zero-order chi connectivity index (χ0) is 21.1. The number of nitrogens with one attached hydrogen (secondary N) is 1. The third-order valence-corrected chi connectivity index (χ3v) is 6.19. The van der Waals surface area contributed by atoms with Crippen LogP contribution in [0.4, 0.5) is 4.39 Å². The van der Waals surface area contributed by atoms with Crippen molar-refractivity contribution in [2.45, 2.75) is 25.0 Å². The van der Waals surface area contributed by atoms with Crippen molar-refractivity contribution in [2.24, 2.45) is 0 Å². The van der Waals surface area contributed by atoms with Gasteiger partial charge in [-0.1, -0.05) is 31.2 Å². The van der Waals surface area contributed by atoms with Gasteiger partial charge in [-0.2, -0.15) is 15.0 Å². The number of halogens is 1. The van der Waals surface area contributed by atoms with Crippen molar-refractivity contribution in [3.8, 4) is 17.3 Å². The zero-order valence-electron chi connectivity index (χ0n) is 16.2. The van der Waals surface area contributed by atoms with Gasteiger partial charge in [-0.25, -0.2) is 9.37 Å². The van der Waals surface area contributed by atoms with Gasteiger partial charge in [-0.3, -0.25) is 0 Å². The molecule has 0 aliphatic carbocycles. The van der Waals surface area contributed by atoms with E-state index in [-0.39, 0.29) is 6.54 Å². The van der Waals surface area contributed by atoms with E-state index in [2.05, 4.69) is 16.2 Å². The first-order chi connectivity index (χ1) is 14.5. The molecule has 0 saturated heterocycles. The normalized spacial score (nSPS) is 14.1. The van der Waals surface area contributed by atoms with Crippen LogP contribution in [0.25, 0.3) is 11.3 Å². The molecule has 2 atom stereocenters. The number of nitrogens with zero attached hydrogens (tertiary/aromatic N) is 4. The van der Waals surface area contributed by atoms with E-state index in [0.29, 0.717) is 11.1 Å². The van der Waals surface area contributed by atoms with Crippen LogP contribution >= 0.6 is 11.3 Å². The highest BCUT2D eigenvalue weighted by atomic mass is 32.1. The number of nitriles is 1. The third-order valence-electron chi connectivity index (χ3n) is 5.16. The van der Waals surface area contributed by atoms with Crippen molar-refractivity contribution in [1.82, 2.24) is 15.1 Å². The van der Waals surface area contributed by atoms with E-state index >= 15 is 0 Å². The van der Waals surface area contributed by atoms with Crippen molar-refractivity contribution < 1.29 is 14.2 Å². The van der Waals surface area contributed by atoms with Crippen LogP contribution in [0.5, 0.6) is 0 Å². The molecule has 0 aliphatic heterocycles. The molecule has 0 aliphatic rings. The van der Waals surface area contributed by atoms with Gasteiger partial charge in [0.15, 0.2) is 0 Å². The van der Waals surface area contributed by atoms with E-state index in [1.807, 2.05) is 24.4 Å². The Bertz CT molecular complexity index is 1180. The molecule has 2 aromatic carbocycles. The summed E-state index contributed by atoms with van der Waals surface area (Å²) >= 11 is 1.44. The van der Waals surface area contributed by atoms with Crippen molar-refractivity contribution in [3.63, 3.8) is 0 Å². The fourth-order valence-electron chi connectivity index (χ4n) is 3.38. The highest BCUT2D eigenvalue weighted by Crippen LogP contribution is 2.39. The average molecular weight is 420 g/mol. The molecule has 150 valence electrons. The van der Waals surface area contributed by atoms with Gasteiger partial charge in [0.25, 0.3) is 0 Å². The second-order valence-electron chi connectivity index (χ2n) is 7.07. The second-order valence-corrected chi connectivity index (χ2v) is 7.96. The van der Waals surface area contributed by atoms with Gasteiger partial charge in [0, 0.05) is 16.9 Å². The fraction of sp³-hybridized carbons (Fsp3) is 0.182. The first-order valence-corrected chi connectivity index (χ1v) is 10.2. The first kappa shape index (κ1) is 19.9. The minimum atomic E-state index is -1.42. The summed E-state index contributed by atoms with van der Waals surface area (Å²) in [5.41, 5.74) is 1.29. The fourth-order valence-corrected chi connectivity index (χ4v) is 4.35. The quantitative estimate of drug-likeness (QED) is 0.467. The molecular weight excluding hydrogens is 401 g/mol. The van der Waals surface area contributed by atoms with Gasteiger partial charge in [-0.05, 0) is 34.8 Å². The SMILES string of the molecule is C[C@@H](c1nc(-c2ccc(C#N)cc2)cs1)[C@](O)(C[n+]1cnc[nH]1)c1cccc(F)c1. The van der Waals surface area contributed by atoms with E-state index in [9.17, 15) is 9.50 Å². The Balaban J connectivity index is 1.70. The second kappa shape index (κ2) is 8.14. The average Bonchev–Trinajstić information content (AvgIpc) is 3.45. The lowest BCUT2D eigenvalue weighted by molar-refractivity contribution is -0.764. The summed E-state index contributed by atoms with van der Waals surface area (Å²) in [6, 6.07) is 15.3. The zero-order valence-corrected chi connectivity index (χ0v) is 17.0. The van der Waals surface area contributed by atoms with E-state index in [1.165, 1.54) is 29.8 Å². The number of aliphatic hydroxyl groups is 1. The monoisotopic (exact) mass is 420 g/mol. The molecule has 4 rings (SSSR count). The number of aromatic nitrogens is 4. The molecule has 2 aromatic heterocycles. The highest BCUT2D eigenvalue weighted by Gasteiger charge is 2.41. The molecule has 0 fully saturated rings. The third kappa shape index (κ3) is 3.85. The molecule has 0 bridgehead atoms. The molecule has 0 unspecified atom stereocenters.